The molecule has 0 amide bonds. The van der Waals surface area contributed by atoms with Gasteiger partial charge in [0.25, 0.3) is 0 Å². The molecule has 0 saturated carbocycles. The van der Waals surface area contributed by atoms with Crippen molar-refractivity contribution in [3.63, 3.8) is 0 Å². The maximum atomic E-state index is 10.2. The molecule has 1 aromatic carbocycles. The van der Waals surface area contributed by atoms with E-state index in [9.17, 15) is 4.79 Å². The largest absolute Gasteiger partial charge is 0.454 e. The number of ether oxygens (including phenoxy) is 2. The molecule has 4 heteroatoms. The number of aryl methyl sites for hydroxylation is 1. The van der Waals surface area contributed by atoms with Crippen LogP contribution >= 0.6 is 0 Å². The van der Waals surface area contributed by atoms with Crippen molar-refractivity contribution in [1.29, 1.82) is 0 Å². The first-order valence-electron chi connectivity index (χ1n) is 4.39. The van der Waals surface area contributed by atoms with Crippen LogP contribution < -0.4 is 14.8 Å². The topological polar surface area (TPSA) is 47.6 Å². The molecule has 0 bridgehead atoms. The highest BCUT2D eigenvalue weighted by Gasteiger charge is 2.15. The summed E-state index contributed by atoms with van der Waals surface area (Å²) in [7, 11) is 0. The van der Waals surface area contributed by atoms with Gasteiger partial charge in [-0.25, -0.2) is 0 Å². The molecule has 0 aliphatic carbocycles. The summed E-state index contributed by atoms with van der Waals surface area (Å²) in [6, 6.07) is 3.75. The van der Waals surface area contributed by atoms with E-state index in [0.29, 0.717) is 6.54 Å². The number of fused-ring (bicyclic) bond motifs is 1. The van der Waals surface area contributed by atoms with Crippen molar-refractivity contribution in [2.45, 2.75) is 6.92 Å². The highest BCUT2D eigenvalue weighted by molar-refractivity contribution is 5.65. The predicted molar refractivity (Wildman–Crippen MR) is 51.9 cm³/mol. The summed E-state index contributed by atoms with van der Waals surface area (Å²) in [5.41, 5.74) is 1.94. The maximum absolute atomic E-state index is 10.2. The van der Waals surface area contributed by atoms with Crippen LogP contribution in [0.1, 0.15) is 5.56 Å². The predicted octanol–water partition coefficient (Wildman–Crippen LogP) is 1.33. The molecule has 2 rings (SSSR count). The number of benzene rings is 1. The standard InChI is InChI=1S/C10H11NO3/c1-7-4-9-10(14-6-13-9)5-8(7)11-2-3-12/h3-5,11H,2,6H2,1H3. The summed E-state index contributed by atoms with van der Waals surface area (Å²) in [6.07, 6.45) is 0.823. The third-order valence-electron chi connectivity index (χ3n) is 2.10. The molecule has 1 N–H and O–H groups in total. The van der Waals surface area contributed by atoms with Crippen LogP contribution in [0.25, 0.3) is 0 Å². The molecule has 74 valence electrons. The minimum atomic E-state index is 0.270. The van der Waals surface area contributed by atoms with Crippen molar-refractivity contribution in [3.05, 3.63) is 17.7 Å². The van der Waals surface area contributed by atoms with Crippen molar-refractivity contribution in [3.8, 4) is 11.5 Å². The molecule has 4 nitrogen and oxygen atoms in total. The van der Waals surface area contributed by atoms with Gasteiger partial charge in [0, 0.05) is 11.8 Å². The zero-order chi connectivity index (χ0) is 9.97. The lowest BCUT2D eigenvalue weighted by molar-refractivity contribution is -0.106. The van der Waals surface area contributed by atoms with Crippen molar-refractivity contribution < 1.29 is 14.3 Å². The number of aldehydes is 1. The molecule has 14 heavy (non-hydrogen) atoms. The highest BCUT2D eigenvalue weighted by atomic mass is 16.7. The Morgan fingerprint density at radius 2 is 2.14 bits per heavy atom. The Bertz CT molecular complexity index is 363. The minimum Gasteiger partial charge on any atom is -0.454 e. The summed E-state index contributed by atoms with van der Waals surface area (Å²) in [4.78, 5) is 10.2. The van der Waals surface area contributed by atoms with Gasteiger partial charge in [-0.3, -0.25) is 0 Å². The molecule has 0 atom stereocenters. The van der Waals surface area contributed by atoms with E-state index in [-0.39, 0.29) is 6.79 Å². The van der Waals surface area contributed by atoms with Gasteiger partial charge in [0.1, 0.15) is 6.29 Å². The molecule has 0 fully saturated rings. The van der Waals surface area contributed by atoms with E-state index in [1.807, 2.05) is 19.1 Å². The van der Waals surface area contributed by atoms with Gasteiger partial charge in [0.05, 0.1) is 6.54 Å². The van der Waals surface area contributed by atoms with Crippen LogP contribution in [-0.2, 0) is 4.79 Å². The molecular formula is C10H11NO3. The Morgan fingerprint density at radius 1 is 1.43 bits per heavy atom. The smallest absolute Gasteiger partial charge is 0.231 e. The number of anilines is 1. The quantitative estimate of drug-likeness (QED) is 0.736. The zero-order valence-electron chi connectivity index (χ0n) is 7.87. The van der Waals surface area contributed by atoms with Crippen LogP contribution in [0.4, 0.5) is 5.69 Å². The minimum absolute atomic E-state index is 0.270. The monoisotopic (exact) mass is 193 g/mol. The van der Waals surface area contributed by atoms with Crippen LogP contribution in [0.15, 0.2) is 12.1 Å². The molecule has 1 aliphatic rings. The Labute approximate surface area is 81.8 Å². The van der Waals surface area contributed by atoms with E-state index >= 15 is 0 Å². The van der Waals surface area contributed by atoms with Gasteiger partial charge in [-0.1, -0.05) is 0 Å². The Kier molecular flexibility index (Phi) is 2.26. The van der Waals surface area contributed by atoms with Gasteiger partial charge in [0.15, 0.2) is 11.5 Å². The normalized spacial score (nSPS) is 12.6. The molecule has 0 aromatic heterocycles. The van der Waals surface area contributed by atoms with Crippen molar-refractivity contribution in [1.82, 2.24) is 0 Å². The second-order valence-electron chi connectivity index (χ2n) is 3.07. The first-order chi connectivity index (χ1) is 6.81. The summed E-state index contributed by atoms with van der Waals surface area (Å²) >= 11 is 0. The maximum Gasteiger partial charge on any atom is 0.231 e. The van der Waals surface area contributed by atoms with E-state index in [4.69, 9.17) is 9.47 Å². The number of hydrogen-bond donors (Lipinski definition) is 1. The summed E-state index contributed by atoms with van der Waals surface area (Å²) < 4.78 is 10.4. The summed E-state index contributed by atoms with van der Waals surface area (Å²) in [5, 5.41) is 2.99. The third-order valence-corrected chi connectivity index (χ3v) is 2.10. The molecule has 1 aliphatic heterocycles. The molecule has 0 radical (unpaired) electrons. The summed E-state index contributed by atoms with van der Waals surface area (Å²) in [6.45, 7) is 2.53. The van der Waals surface area contributed by atoms with E-state index in [1.54, 1.807) is 0 Å². The average Bonchev–Trinajstić information content (AvgIpc) is 2.61. The van der Waals surface area contributed by atoms with Crippen molar-refractivity contribution >= 4 is 12.0 Å². The zero-order valence-corrected chi connectivity index (χ0v) is 7.87. The molecule has 0 unspecified atom stereocenters. The number of hydrogen-bond acceptors (Lipinski definition) is 4. The number of rotatable bonds is 3. The summed E-state index contributed by atoms with van der Waals surface area (Å²) in [5.74, 6) is 1.49. The van der Waals surface area contributed by atoms with Crippen LogP contribution in [-0.4, -0.2) is 19.6 Å². The van der Waals surface area contributed by atoms with Crippen LogP contribution in [0, 0.1) is 6.92 Å². The number of carbonyl (C=O) groups excluding carboxylic acids is 1. The average molecular weight is 193 g/mol. The third kappa shape index (κ3) is 1.51. The fourth-order valence-corrected chi connectivity index (χ4v) is 1.39. The molecule has 1 heterocycles. The Morgan fingerprint density at radius 3 is 2.86 bits per heavy atom. The van der Waals surface area contributed by atoms with E-state index in [2.05, 4.69) is 5.32 Å². The van der Waals surface area contributed by atoms with Gasteiger partial charge in [0.2, 0.25) is 6.79 Å². The van der Waals surface area contributed by atoms with E-state index in [1.165, 1.54) is 0 Å². The van der Waals surface area contributed by atoms with E-state index in [0.717, 1.165) is 29.0 Å². The van der Waals surface area contributed by atoms with Gasteiger partial charge in [-0.15, -0.1) is 0 Å². The Balaban J connectivity index is 2.27. The SMILES string of the molecule is Cc1cc2c(cc1NCC=O)OCO2. The van der Waals surface area contributed by atoms with Gasteiger partial charge < -0.3 is 19.6 Å². The lowest BCUT2D eigenvalue weighted by atomic mass is 10.2. The molecule has 1 aromatic rings. The fraction of sp³-hybridized carbons (Fsp3) is 0.300. The van der Waals surface area contributed by atoms with E-state index < -0.39 is 0 Å². The fourth-order valence-electron chi connectivity index (χ4n) is 1.39. The lowest BCUT2D eigenvalue weighted by Crippen LogP contribution is -2.03. The van der Waals surface area contributed by atoms with Crippen LogP contribution in [0.5, 0.6) is 11.5 Å². The number of carbonyl (C=O) groups is 1. The highest BCUT2D eigenvalue weighted by Crippen LogP contribution is 2.36. The van der Waals surface area contributed by atoms with Gasteiger partial charge in [-0.2, -0.15) is 0 Å². The van der Waals surface area contributed by atoms with Crippen molar-refractivity contribution in [2.24, 2.45) is 0 Å². The first kappa shape index (κ1) is 8.87. The molecule has 0 spiro atoms. The van der Waals surface area contributed by atoms with Gasteiger partial charge in [-0.05, 0) is 18.6 Å². The van der Waals surface area contributed by atoms with Crippen molar-refractivity contribution in [2.75, 3.05) is 18.7 Å². The second kappa shape index (κ2) is 3.57. The van der Waals surface area contributed by atoms with Crippen LogP contribution in [0.2, 0.25) is 0 Å². The van der Waals surface area contributed by atoms with Crippen LogP contribution in [0.3, 0.4) is 0 Å². The van der Waals surface area contributed by atoms with Gasteiger partial charge >= 0.3 is 0 Å². The first-order valence-corrected chi connectivity index (χ1v) is 4.39. The second-order valence-corrected chi connectivity index (χ2v) is 3.07. The molecular weight excluding hydrogens is 182 g/mol. The number of nitrogens with one attached hydrogen (secondary N) is 1. The Hall–Kier alpha value is -1.71. The molecule has 0 saturated heterocycles. The lowest BCUT2D eigenvalue weighted by Gasteiger charge is -2.07.